The summed E-state index contributed by atoms with van der Waals surface area (Å²) >= 11 is 0. The molecular formula is C20H26O5. The van der Waals surface area contributed by atoms with Crippen LogP contribution in [0.5, 0.6) is 0 Å². The summed E-state index contributed by atoms with van der Waals surface area (Å²) in [5, 5.41) is 32.3. The summed E-state index contributed by atoms with van der Waals surface area (Å²) in [4.78, 5) is 26.3. The van der Waals surface area contributed by atoms with E-state index in [0.717, 1.165) is 17.6 Å². The van der Waals surface area contributed by atoms with Crippen molar-refractivity contribution in [2.24, 2.45) is 22.7 Å². The highest BCUT2D eigenvalue weighted by Gasteiger charge is 2.70. The molecule has 0 radical (unpaired) electrons. The third-order valence-electron chi connectivity index (χ3n) is 7.66. The Labute approximate surface area is 147 Å². The maximum atomic E-state index is 13.2. The van der Waals surface area contributed by atoms with Gasteiger partial charge in [-0.2, -0.15) is 0 Å². The molecule has 4 aliphatic carbocycles. The molecule has 4 aliphatic rings. The summed E-state index contributed by atoms with van der Waals surface area (Å²) in [5.41, 5.74) is 0.643. The summed E-state index contributed by atoms with van der Waals surface area (Å²) < 4.78 is 0. The number of fused-ring (bicyclic) bond motifs is 2. The van der Waals surface area contributed by atoms with Gasteiger partial charge in [-0.1, -0.05) is 25.0 Å². The summed E-state index contributed by atoms with van der Waals surface area (Å²) in [6.07, 6.45) is -1.97. The zero-order chi connectivity index (χ0) is 18.5. The summed E-state index contributed by atoms with van der Waals surface area (Å²) in [5.74, 6) is -1.26. The Morgan fingerprint density at radius 3 is 2.28 bits per heavy atom. The SMILES string of the molecule is CC1=C(C)[C@@H]2[C@@H](O)[C@@H](O)C3=C(C(=O)[C@H](O)[C@]4(C[C@H]4C)C3=O)[C@@]2(C)CC1. The Morgan fingerprint density at radius 2 is 1.72 bits per heavy atom. The standard InChI is InChI=1S/C20H26O5/c1-8-5-6-19(4)12(10(8)3)15(22)14(21)11-13(19)16(23)18(25)20(17(11)24)7-9(20)2/h9,12,14-15,18,21-22,25H,5-7H2,1-4H3/t9-,12-,14+,15-,18+,19+,20+/m1/s1. The molecule has 7 atom stereocenters. The molecule has 5 heteroatoms. The van der Waals surface area contributed by atoms with Gasteiger partial charge in [0.25, 0.3) is 0 Å². The van der Waals surface area contributed by atoms with E-state index in [1.54, 1.807) is 0 Å². The number of aliphatic hydroxyl groups excluding tert-OH is 3. The third kappa shape index (κ3) is 1.79. The Bertz CT molecular complexity index is 762. The predicted octanol–water partition coefficient (Wildman–Crippen LogP) is 1.31. The van der Waals surface area contributed by atoms with Crippen molar-refractivity contribution in [1.82, 2.24) is 0 Å². The summed E-state index contributed by atoms with van der Waals surface area (Å²) in [7, 11) is 0. The second-order valence-corrected chi connectivity index (χ2v) is 8.82. The number of hydrogen-bond acceptors (Lipinski definition) is 5. The van der Waals surface area contributed by atoms with Crippen LogP contribution in [0, 0.1) is 22.7 Å². The minimum Gasteiger partial charge on any atom is -0.389 e. The minimum atomic E-state index is -1.37. The molecule has 1 fully saturated rings. The normalized spacial score (nSPS) is 49.5. The summed E-state index contributed by atoms with van der Waals surface area (Å²) in [6, 6.07) is 0. The number of allylic oxidation sites excluding steroid dienone is 1. The lowest BCUT2D eigenvalue weighted by molar-refractivity contribution is -0.144. The first-order chi connectivity index (χ1) is 11.6. The largest absolute Gasteiger partial charge is 0.389 e. The lowest BCUT2D eigenvalue weighted by atomic mass is 9.51. The van der Waals surface area contributed by atoms with E-state index in [-0.39, 0.29) is 22.8 Å². The van der Waals surface area contributed by atoms with Gasteiger partial charge in [-0.25, -0.2) is 0 Å². The molecule has 0 saturated heterocycles. The molecule has 4 rings (SSSR count). The smallest absolute Gasteiger partial charge is 0.189 e. The van der Waals surface area contributed by atoms with Crippen molar-refractivity contribution in [1.29, 1.82) is 0 Å². The average molecular weight is 346 g/mol. The first-order valence-electron chi connectivity index (χ1n) is 9.13. The van der Waals surface area contributed by atoms with E-state index in [1.165, 1.54) is 0 Å². The molecule has 136 valence electrons. The Kier molecular flexibility index (Phi) is 3.36. The molecule has 1 saturated carbocycles. The molecule has 0 heterocycles. The van der Waals surface area contributed by atoms with E-state index in [0.29, 0.717) is 12.8 Å². The van der Waals surface area contributed by atoms with Crippen LogP contribution in [0.3, 0.4) is 0 Å². The van der Waals surface area contributed by atoms with Gasteiger partial charge in [0.2, 0.25) is 0 Å². The zero-order valence-electron chi connectivity index (χ0n) is 15.2. The maximum absolute atomic E-state index is 13.2. The first-order valence-corrected chi connectivity index (χ1v) is 9.13. The van der Waals surface area contributed by atoms with Crippen LogP contribution in [0.15, 0.2) is 22.3 Å². The zero-order valence-corrected chi connectivity index (χ0v) is 15.2. The maximum Gasteiger partial charge on any atom is 0.189 e. The van der Waals surface area contributed by atoms with Gasteiger partial charge in [0.05, 0.1) is 11.5 Å². The van der Waals surface area contributed by atoms with Crippen LogP contribution in [0.25, 0.3) is 0 Å². The number of rotatable bonds is 0. The fourth-order valence-electron chi connectivity index (χ4n) is 5.82. The number of carbonyl (C=O) groups excluding carboxylic acids is 2. The van der Waals surface area contributed by atoms with Crippen molar-refractivity contribution in [2.45, 2.75) is 65.3 Å². The number of Topliss-reactive ketones (excluding diaryl/α,β-unsaturated/α-hetero) is 2. The van der Waals surface area contributed by atoms with Crippen LogP contribution in [-0.4, -0.2) is 45.2 Å². The van der Waals surface area contributed by atoms with E-state index in [4.69, 9.17) is 0 Å². The van der Waals surface area contributed by atoms with Gasteiger partial charge >= 0.3 is 0 Å². The van der Waals surface area contributed by atoms with Gasteiger partial charge in [-0.3, -0.25) is 9.59 Å². The van der Waals surface area contributed by atoms with Crippen LogP contribution < -0.4 is 0 Å². The van der Waals surface area contributed by atoms with Crippen LogP contribution in [0.2, 0.25) is 0 Å². The van der Waals surface area contributed by atoms with Gasteiger partial charge in [0.15, 0.2) is 11.6 Å². The van der Waals surface area contributed by atoms with Gasteiger partial charge in [-0.15, -0.1) is 0 Å². The minimum absolute atomic E-state index is 0.0678. The molecule has 3 N–H and O–H groups in total. The molecule has 0 aliphatic heterocycles. The quantitative estimate of drug-likeness (QED) is 0.575. The number of aliphatic hydroxyl groups is 3. The average Bonchev–Trinajstić information content (AvgIpc) is 3.23. The fraction of sp³-hybridized carbons (Fsp3) is 0.700. The van der Waals surface area contributed by atoms with Gasteiger partial charge in [0, 0.05) is 22.5 Å². The van der Waals surface area contributed by atoms with Crippen molar-refractivity contribution in [3.05, 3.63) is 22.3 Å². The topological polar surface area (TPSA) is 94.8 Å². The van der Waals surface area contributed by atoms with Gasteiger partial charge in [-0.05, 0) is 39.0 Å². The molecule has 0 amide bonds. The third-order valence-corrected chi connectivity index (χ3v) is 7.66. The van der Waals surface area contributed by atoms with Crippen LogP contribution in [0.1, 0.15) is 47.0 Å². The lowest BCUT2D eigenvalue weighted by Gasteiger charge is -2.53. The second-order valence-electron chi connectivity index (χ2n) is 8.82. The highest BCUT2D eigenvalue weighted by atomic mass is 16.3. The van der Waals surface area contributed by atoms with Crippen LogP contribution in [0.4, 0.5) is 0 Å². The molecule has 25 heavy (non-hydrogen) atoms. The van der Waals surface area contributed by atoms with E-state index >= 15 is 0 Å². The van der Waals surface area contributed by atoms with E-state index in [2.05, 4.69) is 0 Å². The van der Waals surface area contributed by atoms with Crippen LogP contribution >= 0.6 is 0 Å². The Hall–Kier alpha value is -1.30. The molecule has 0 aromatic carbocycles. The number of hydrogen-bond donors (Lipinski definition) is 3. The molecule has 0 aromatic rings. The van der Waals surface area contributed by atoms with Crippen molar-refractivity contribution in [3.8, 4) is 0 Å². The van der Waals surface area contributed by atoms with E-state index < -0.39 is 40.8 Å². The van der Waals surface area contributed by atoms with E-state index in [9.17, 15) is 24.9 Å². The van der Waals surface area contributed by atoms with E-state index in [1.807, 2.05) is 27.7 Å². The molecule has 0 aromatic heterocycles. The molecular weight excluding hydrogens is 320 g/mol. The predicted molar refractivity (Wildman–Crippen MR) is 90.5 cm³/mol. The number of ketones is 2. The highest BCUT2D eigenvalue weighted by Crippen LogP contribution is 2.64. The lowest BCUT2D eigenvalue weighted by Crippen LogP contribution is -2.59. The molecule has 0 bridgehead atoms. The number of carbonyl (C=O) groups is 2. The van der Waals surface area contributed by atoms with Crippen molar-refractivity contribution >= 4 is 11.6 Å². The Morgan fingerprint density at radius 1 is 1.12 bits per heavy atom. The van der Waals surface area contributed by atoms with Crippen molar-refractivity contribution in [3.63, 3.8) is 0 Å². The fourth-order valence-corrected chi connectivity index (χ4v) is 5.82. The molecule has 5 nitrogen and oxygen atoms in total. The first kappa shape index (κ1) is 17.1. The van der Waals surface area contributed by atoms with Crippen molar-refractivity contribution < 1.29 is 24.9 Å². The highest BCUT2D eigenvalue weighted by molar-refractivity contribution is 6.19. The monoisotopic (exact) mass is 346 g/mol. The second kappa shape index (κ2) is 4.90. The summed E-state index contributed by atoms with van der Waals surface area (Å²) in [6.45, 7) is 7.66. The Balaban J connectivity index is 1.96. The van der Waals surface area contributed by atoms with Crippen molar-refractivity contribution in [2.75, 3.05) is 0 Å². The van der Waals surface area contributed by atoms with Gasteiger partial charge < -0.3 is 15.3 Å². The van der Waals surface area contributed by atoms with Crippen LogP contribution in [-0.2, 0) is 9.59 Å². The molecule has 0 unspecified atom stereocenters. The van der Waals surface area contributed by atoms with Gasteiger partial charge in [0.1, 0.15) is 12.2 Å². The molecule has 1 spiro atoms.